The minimum Gasteiger partial charge on any atom is -0.337 e. The van der Waals surface area contributed by atoms with Crippen molar-refractivity contribution in [1.82, 2.24) is 15.0 Å². The number of aryl methyl sites for hydroxylation is 1. The lowest BCUT2D eigenvalue weighted by molar-refractivity contribution is -0.134. The Morgan fingerprint density at radius 2 is 2.43 bits per heavy atom. The topological polar surface area (TPSA) is 59.2 Å². The van der Waals surface area contributed by atoms with Crippen molar-refractivity contribution in [3.63, 3.8) is 0 Å². The molecule has 6 heteroatoms. The summed E-state index contributed by atoms with van der Waals surface area (Å²) in [7, 11) is 0. The molecule has 5 nitrogen and oxygen atoms in total. The lowest BCUT2D eigenvalue weighted by Crippen LogP contribution is -2.39. The Labute approximate surface area is 128 Å². The SMILES string of the molecule is CCc1noc([C@@H]2CCCCN2C(=O)Cc2cccs2)n1. The molecular formula is C15H19N3O2S. The van der Waals surface area contributed by atoms with E-state index in [0.717, 1.165) is 37.1 Å². The molecule has 0 aromatic carbocycles. The van der Waals surface area contributed by atoms with Crippen molar-refractivity contribution in [3.05, 3.63) is 34.1 Å². The lowest BCUT2D eigenvalue weighted by atomic mass is 10.0. The van der Waals surface area contributed by atoms with Crippen LogP contribution in [0.4, 0.5) is 0 Å². The lowest BCUT2D eigenvalue weighted by Gasteiger charge is -2.33. The largest absolute Gasteiger partial charge is 0.337 e. The summed E-state index contributed by atoms with van der Waals surface area (Å²) in [4.78, 5) is 20.0. The fourth-order valence-corrected chi connectivity index (χ4v) is 3.39. The normalized spacial score (nSPS) is 18.9. The maximum atomic E-state index is 12.6. The van der Waals surface area contributed by atoms with Crippen molar-refractivity contribution in [3.8, 4) is 0 Å². The molecule has 0 spiro atoms. The van der Waals surface area contributed by atoms with Gasteiger partial charge in [0.1, 0.15) is 6.04 Å². The highest BCUT2D eigenvalue weighted by atomic mass is 32.1. The number of hydrogen-bond donors (Lipinski definition) is 0. The average molecular weight is 305 g/mol. The van der Waals surface area contributed by atoms with Gasteiger partial charge in [0.15, 0.2) is 5.82 Å². The van der Waals surface area contributed by atoms with Gasteiger partial charge in [0, 0.05) is 17.8 Å². The average Bonchev–Trinajstić information content (AvgIpc) is 3.18. The van der Waals surface area contributed by atoms with Crippen molar-refractivity contribution in [2.75, 3.05) is 6.54 Å². The Balaban J connectivity index is 1.76. The quantitative estimate of drug-likeness (QED) is 0.871. The third-order valence-corrected chi connectivity index (χ3v) is 4.69. The van der Waals surface area contributed by atoms with Gasteiger partial charge in [-0.1, -0.05) is 18.1 Å². The van der Waals surface area contributed by atoms with Crippen LogP contribution in [0.3, 0.4) is 0 Å². The second-order valence-corrected chi connectivity index (χ2v) is 6.29. The van der Waals surface area contributed by atoms with Gasteiger partial charge in [-0.2, -0.15) is 4.98 Å². The smallest absolute Gasteiger partial charge is 0.249 e. The maximum absolute atomic E-state index is 12.6. The third-order valence-electron chi connectivity index (χ3n) is 3.81. The first-order valence-electron chi connectivity index (χ1n) is 7.42. The van der Waals surface area contributed by atoms with E-state index in [1.807, 2.05) is 29.3 Å². The van der Waals surface area contributed by atoms with Crippen LogP contribution in [0, 0.1) is 0 Å². The van der Waals surface area contributed by atoms with Crippen molar-refractivity contribution < 1.29 is 9.32 Å². The molecule has 0 saturated carbocycles. The van der Waals surface area contributed by atoms with E-state index < -0.39 is 0 Å². The maximum Gasteiger partial charge on any atom is 0.249 e. The fraction of sp³-hybridized carbons (Fsp3) is 0.533. The van der Waals surface area contributed by atoms with Crippen LogP contribution in [0.15, 0.2) is 22.0 Å². The van der Waals surface area contributed by atoms with Crippen LogP contribution in [0.1, 0.15) is 48.8 Å². The standard InChI is InChI=1S/C15H19N3O2S/c1-2-13-16-15(20-17-13)12-7-3-4-8-18(12)14(19)10-11-6-5-9-21-11/h5-6,9,12H,2-4,7-8,10H2,1H3/t12-/m0/s1. The van der Waals surface area contributed by atoms with E-state index in [9.17, 15) is 4.79 Å². The summed E-state index contributed by atoms with van der Waals surface area (Å²) < 4.78 is 5.36. The summed E-state index contributed by atoms with van der Waals surface area (Å²) in [6.07, 6.45) is 4.25. The van der Waals surface area contributed by atoms with Crippen molar-refractivity contribution in [1.29, 1.82) is 0 Å². The fourth-order valence-electron chi connectivity index (χ4n) is 2.70. The number of likely N-dealkylation sites (tertiary alicyclic amines) is 1. The minimum absolute atomic E-state index is 0.0565. The van der Waals surface area contributed by atoms with Gasteiger partial charge in [0.05, 0.1) is 6.42 Å². The number of piperidine rings is 1. The van der Waals surface area contributed by atoms with Crippen LogP contribution < -0.4 is 0 Å². The first-order chi connectivity index (χ1) is 10.3. The van der Waals surface area contributed by atoms with Crippen LogP contribution in [-0.2, 0) is 17.6 Å². The molecule has 0 radical (unpaired) electrons. The molecule has 1 aliphatic rings. The molecule has 1 atom stereocenters. The Morgan fingerprint density at radius 1 is 1.52 bits per heavy atom. The van der Waals surface area contributed by atoms with E-state index >= 15 is 0 Å². The van der Waals surface area contributed by atoms with Gasteiger partial charge in [0.25, 0.3) is 0 Å². The Bertz CT molecular complexity index is 594. The van der Waals surface area contributed by atoms with Crippen molar-refractivity contribution in [2.45, 2.75) is 45.1 Å². The highest BCUT2D eigenvalue weighted by Crippen LogP contribution is 2.30. The van der Waals surface area contributed by atoms with Crippen LogP contribution in [-0.4, -0.2) is 27.5 Å². The summed E-state index contributed by atoms with van der Waals surface area (Å²) in [6, 6.07) is 3.93. The van der Waals surface area contributed by atoms with E-state index in [1.165, 1.54) is 0 Å². The number of thiophene rings is 1. The molecule has 1 fully saturated rings. The monoisotopic (exact) mass is 305 g/mol. The van der Waals surface area contributed by atoms with Gasteiger partial charge < -0.3 is 9.42 Å². The highest BCUT2D eigenvalue weighted by Gasteiger charge is 2.31. The number of aromatic nitrogens is 2. The van der Waals surface area contributed by atoms with Gasteiger partial charge in [-0.05, 0) is 30.7 Å². The number of amides is 1. The predicted molar refractivity (Wildman–Crippen MR) is 80.0 cm³/mol. The second-order valence-electron chi connectivity index (χ2n) is 5.26. The summed E-state index contributed by atoms with van der Waals surface area (Å²) in [5.74, 6) is 1.45. The number of nitrogens with zero attached hydrogens (tertiary/aromatic N) is 3. The van der Waals surface area contributed by atoms with Gasteiger partial charge >= 0.3 is 0 Å². The zero-order valence-corrected chi connectivity index (χ0v) is 12.9. The van der Waals surface area contributed by atoms with Crippen molar-refractivity contribution >= 4 is 17.2 Å². The first kappa shape index (κ1) is 14.3. The molecule has 0 N–H and O–H groups in total. The van der Waals surface area contributed by atoms with Crippen LogP contribution in [0.5, 0.6) is 0 Å². The number of rotatable bonds is 4. The molecule has 0 bridgehead atoms. The highest BCUT2D eigenvalue weighted by molar-refractivity contribution is 7.10. The molecule has 2 aromatic heterocycles. The summed E-state index contributed by atoms with van der Waals surface area (Å²) in [5.41, 5.74) is 0. The van der Waals surface area contributed by atoms with E-state index in [-0.39, 0.29) is 11.9 Å². The molecule has 1 amide bonds. The second kappa shape index (κ2) is 6.39. The molecule has 21 heavy (non-hydrogen) atoms. The van der Waals surface area contributed by atoms with Crippen LogP contribution >= 0.6 is 11.3 Å². The zero-order valence-electron chi connectivity index (χ0n) is 12.1. The van der Waals surface area contributed by atoms with E-state index in [2.05, 4.69) is 10.1 Å². The number of carbonyl (C=O) groups is 1. The van der Waals surface area contributed by atoms with Gasteiger partial charge in [-0.25, -0.2) is 0 Å². The Kier molecular flexibility index (Phi) is 4.34. The van der Waals surface area contributed by atoms with Crippen LogP contribution in [0.25, 0.3) is 0 Å². The van der Waals surface area contributed by atoms with Gasteiger partial charge in [-0.3, -0.25) is 4.79 Å². The molecule has 3 rings (SSSR count). The van der Waals surface area contributed by atoms with Crippen molar-refractivity contribution in [2.24, 2.45) is 0 Å². The number of hydrogen-bond acceptors (Lipinski definition) is 5. The summed E-state index contributed by atoms with van der Waals surface area (Å²) >= 11 is 1.62. The van der Waals surface area contributed by atoms with E-state index in [0.29, 0.717) is 18.1 Å². The third kappa shape index (κ3) is 3.15. The molecular weight excluding hydrogens is 286 g/mol. The first-order valence-corrected chi connectivity index (χ1v) is 8.30. The molecule has 0 unspecified atom stereocenters. The number of carbonyl (C=O) groups excluding carboxylic acids is 1. The summed E-state index contributed by atoms with van der Waals surface area (Å²) in [6.45, 7) is 2.77. The molecule has 1 saturated heterocycles. The minimum atomic E-state index is -0.0565. The Hall–Kier alpha value is -1.69. The molecule has 0 aliphatic carbocycles. The zero-order chi connectivity index (χ0) is 14.7. The molecule has 2 aromatic rings. The Morgan fingerprint density at radius 3 is 3.14 bits per heavy atom. The van der Waals surface area contributed by atoms with E-state index in [1.54, 1.807) is 11.3 Å². The summed E-state index contributed by atoms with van der Waals surface area (Å²) in [5, 5.41) is 5.96. The molecule has 112 valence electrons. The molecule has 1 aliphatic heterocycles. The molecule has 3 heterocycles. The van der Waals surface area contributed by atoms with Gasteiger partial charge in [-0.15, -0.1) is 11.3 Å². The van der Waals surface area contributed by atoms with Crippen LogP contribution in [0.2, 0.25) is 0 Å². The van der Waals surface area contributed by atoms with Gasteiger partial charge in [0.2, 0.25) is 11.8 Å². The predicted octanol–water partition coefficient (Wildman–Crippen LogP) is 2.99. The van der Waals surface area contributed by atoms with E-state index in [4.69, 9.17) is 4.52 Å².